The molecule has 0 saturated carbocycles. The van der Waals surface area contributed by atoms with Crippen LogP contribution in [0.3, 0.4) is 0 Å². The summed E-state index contributed by atoms with van der Waals surface area (Å²) < 4.78 is 16.1. The van der Waals surface area contributed by atoms with Crippen molar-refractivity contribution in [1.82, 2.24) is 4.57 Å². The molecular weight excluding hydrogens is 709 g/mol. The lowest BCUT2D eigenvalue weighted by Crippen LogP contribution is -1.98. The van der Waals surface area contributed by atoms with Crippen LogP contribution in [0.15, 0.2) is 203 Å². The first kappa shape index (κ1) is 33.6. The molecule has 0 spiro atoms. The molecule has 0 fully saturated rings. The molecule has 3 heterocycles. The Labute approximate surface area is 334 Å². The summed E-state index contributed by atoms with van der Waals surface area (Å²) in [5.41, 5.74) is 10.8. The SMILES string of the molecule is C=N/C=C\C(=C/Cn1c2c3ccccc3ccc2c2c3ccccc3c3c4ccccc4oc3c21)c1c(C(=C)c2ccc(-c3ccccc3)cc2)oc2ccccc12. The van der Waals surface area contributed by atoms with Crippen LogP contribution in [0, 0.1) is 0 Å². The molecule has 0 aliphatic carbocycles. The van der Waals surface area contributed by atoms with Gasteiger partial charge in [0.2, 0.25) is 0 Å². The molecule has 4 nitrogen and oxygen atoms in total. The van der Waals surface area contributed by atoms with Crippen molar-refractivity contribution in [3.05, 3.63) is 206 Å². The summed E-state index contributed by atoms with van der Waals surface area (Å²) in [7, 11) is 0. The second-order valence-electron chi connectivity index (χ2n) is 14.7. The van der Waals surface area contributed by atoms with Crippen molar-refractivity contribution >= 4 is 94.1 Å². The molecule has 0 saturated heterocycles. The van der Waals surface area contributed by atoms with Crippen LogP contribution in [-0.2, 0) is 6.54 Å². The van der Waals surface area contributed by atoms with Crippen molar-refractivity contribution in [3.8, 4) is 11.1 Å². The monoisotopic (exact) mass is 744 g/mol. The van der Waals surface area contributed by atoms with Gasteiger partial charge >= 0.3 is 0 Å². The fourth-order valence-corrected chi connectivity index (χ4v) is 8.96. The Morgan fingerprint density at radius 3 is 1.93 bits per heavy atom. The maximum atomic E-state index is 6.89. The highest BCUT2D eigenvalue weighted by molar-refractivity contribution is 6.36. The van der Waals surface area contributed by atoms with E-state index in [1.54, 1.807) is 6.20 Å². The quantitative estimate of drug-likeness (QED) is 0.115. The fraction of sp³-hybridized carbons (Fsp3) is 0.0185. The highest BCUT2D eigenvalue weighted by Crippen LogP contribution is 2.46. The topological polar surface area (TPSA) is 43.6 Å². The third kappa shape index (κ3) is 5.19. The number of allylic oxidation sites excluding steroid dienone is 3. The molecule has 0 atom stereocenters. The molecule has 0 radical (unpaired) electrons. The van der Waals surface area contributed by atoms with Gasteiger partial charge in [-0.25, -0.2) is 0 Å². The lowest BCUT2D eigenvalue weighted by Gasteiger charge is -2.12. The van der Waals surface area contributed by atoms with E-state index in [9.17, 15) is 0 Å². The van der Waals surface area contributed by atoms with E-state index in [1.165, 1.54) is 37.9 Å². The average Bonchev–Trinajstić information content (AvgIpc) is 3.97. The van der Waals surface area contributed by atoms with Crippen LogP contribution in [0.4, 0.5) is 0 Å². The van der Waals surface area contributed by atoms with Gasteiger partial charge in [0.25, 0.3) is 0 Å². The first-order chi connectivity index (χ1) is 28.7. The highest BCUT2D eigenvalue weighted by atomic mass is 16.3. The third-order valence-corrected chi connectivity index (χ3v) is 11.6. The van der Waals surface area contributed by atoms with Crippen molar-refractivity contribution in [2.45, 2.75) is 6.54 Å². The second-order valence-corrected chi connectivity index (χ2v) is 14.7. The van der Waals surface area contributed by atoms with Gasteiger partial charge in [-0.05, 0) is 63.3 Å². The Hall–Kier alpha value is -7.69. The van der Waals surface area contributed by atoms with Gasteiger partial charge in [0.15, 0.2) is 5.58 Å². The number of hydrogen-bond donors (Lipinski definition) is 0. The normalized spacial score (nSPS) is 12.4. The van der Waals surface area contributed by atoms with Gasteiger partial charge < -0.3 is 13.4 Å². The van der Waals surface area contributed by atoms with Gasteiger partial charge in [-0.3, -0.25) is 4.99 Å². The minimum atomic E-state index is 0.534. The molecule has 0 aliphatic rings. The van der Waals surface area contributed by atoms with Crippen LogP contribution >= 0.6 is 0 Å². The lowest BCUT2D eigenvalue weighted by atomic mass is 9.94. The van der Waals surface area contributed by atoms with Crippen molar-refractivity contribution in [1.29, 1.82) is 0 Å². The minimum Gasteiger partial charge on any atom is -0.455 e. The zero-order chi connectivity index (χ0) is 38.7. The van der Waals surface area contributed by atoms with Gasteiger partial charge in [0, 0.05) is 56.2 Å². The minimum absolute atomic E-state index is 0.534. The van der Waals surface area contributed by atoms with Crippen LogP contribution in [0.2, 0.25) is 0 Å². The predicted molar refractivity (Wildman–Crippen MR) is 245 cm³/mol. The van der Waals surface area contributed by atoms with E-state index in [1.807, 2.05) is 30.3 Å². The summed E-state index contributed by atoms with van der Waals surface area (Å²) in [5, 5.41) is 10.4. The van der Waals surface area contributed by atoms with Crippen LogP contribution in [-0.4, -0.2) is 11.3 Å². The Bertz CT molecular complexity index is 3500. The number of nitrogens with zero attached hydrogens (tertiary/aromatic N) is 2. The summed E-state index contributed by atoms with van der Waals surface area (Å²) in [4.78, 5) is 4.18. The van der Waals surface area contributed by atoms with Crippen molar-refractivity contribution in [2.75, 3.05) is 0 Å². The molecule has 8 aromatic carbocycles. The zero-order valence-electron chi connectivity index (χ0n) is 31.7. The van der Waals surface area contributed by atoms with Crippen LogP contribution < -0.4 is 0 Å². The van der Waals surface area contributed by atoms with Crippen molar-refractivity contribution in [2.24, 2.45) is 4.99 Å². The molecule has 58 heavy (non-hydrogen) atoms. The second kappa shape index (κ2) is 13.5. The third-order valence-electron chi connectivity index (χ3n) is 11.6. The molecule has 0 amide bonds. The van der Waals surface area contributed by atoms with Crippen LogP contribution in [0.1, 0.15) is 16.9 Å². The van der Waals surface area contributed by atoms with Gasteiger partial charge in [0.05, 0.1) is 11.0 Å². The predicted octanol–water partition coefficient (Wildman–Crippen LogP) is 14.8. The molecule has 11 rings (SSSR count). The van der Waals surface area contributed by atoms with Gasteiger partial charge in [-0.15, -0.1) is 0 Å². The molecule has 0 N–H and O–H groups in total. The van der Waals surface area contributed by atoms with Gasteiger partial charge in [-0.2, -0.15) is 0 Å². The molecule has 274 valence electrons. The first-order valence-corrected chi connectivity index (χ1v) is 19.5. The number of aromatic nitrogens is 1. The first-order valence-electron chi connectivity index (χ1n) is 19.5. The van der Waals surface area contributed by atoms with E-state index in [4.69, 9.17) is 8.83 Å². The summed E-state index contributed by atoms with van der Waals surface area (Å²) in [6.07, 6.45) is 6.05. The Balaban J connectivity index is 1.16. The summed E-state index contributed by atoms with van der Waals surface area (Å²) in [6, 6.07) is 57.4. The van der Waals surface area contributed by atoms with Crippen molar-refractivity contribution < 1.29 is 8.83 Å². The average molecular weight is 745 g/mol. The zero-order valence-corrected chi connectivity index (χ0v) is 31.7. The Morgan fingerprint density at radius 2 is 1.17 bits per heavy atom. The molecule has 4 heteroatoms. The van der Waals surface area contributed by atoms with Crippen molar-refractivity contribution in [3.63, 3.8) is 0 Å². The highest BCUT2D eigenvalue weighted by Gasteiger charge is 2.24. The number of para-hydroxylation sites is 2. The maximum Gasteiger partial charge on any atom is 0.160 e. The summed E-state index contributed by atoms with van der Waals surface area (Å²) >= 11 is 0. The Morgan fingerprint density at radius 1 is 0.552 bits per heavy atom. The standard InChI is InChI=1S/C54H36N2O2/c1-34(35-24-26-37(27-25-35)36-14-4-3-5-15-36)53-48(43-20-10-12-22-46(43)57-53)39(30-32-55-2)31-33-56-51-40-17-7-6-16-38(40)28-29-45(51)49-41-18-8-9-19-42(41)50-44-21-11-13-23-47(44)58-54(50)52(49)56/h3-32H,1-2,33H2/b32-30-,39-31+. The van der Waals surface area contributed by atoms with Gasteiger partial charge in [-0.1, -0.05) is 164 Å². The maximum absolute atomic E-state index is 6.89. The Kier molecular flexibility index (Phi) is 7.83. The largest absolute Gasteiger partial charge is 0.455 e. The molecule has 0 unspecified atom stereocenters. The number of benzene rings is 8. The number of hydrogen-bond acceptors (Lipinski definition) is 3. The number of furan rings is 2. The fourth-order valence-electron chi connectivity index (χ4n) is 8.96. The number of fused-ring (bicyclic) bond motifs is 13. The van der Waals surface area contributed by atoms with Crippen LogP contribution in [0.25, 0.3) is 98.5 Å². The van der Waals surface area contributed by atoms with E-state index >= 15 is 0 Å². The smallest absolute Gasteiger partial charge is 0.160 e. The van der Waals surface area contributed by atoms with Crippen LogP contribution in [0.5, 0.6) is 0 Å². The molecule has 3 aromatic heterocycles. The van der Waals surface area contributed by atoms with E-state index < -0.39 is 0 Å². The molecule has 0 aliphatic heterocycles. The van der Waals surface area contributed by atoms with E-state index in [-0.39, 0.29) is 0 Å². The van der Waals surface area contributed by atoms with E-state index in [2.05, 4.69) is 168 Å². The summed E-state index contributed by atoms with van der Waals surface area (Å²) in [5.74, 6) is 0.715. The molecule has 0 bridgehead atoms. The van der Waals surface area contributed by atoms with E-state index in [0.29, 0.717) is 12.3 Å². The number of rotatable bonds is 8. The number of aliphatic imine (C=N–C) groups is 1. The molecular formula is C54H36N2O2. The molecule has 11 aromatic rings. The van der Waals surface area contributed by atoms with E-state index in [0.717, 1.165) is 71.8 Å². The summed E-state index contributed by atoms with van der Waals surface area (Å²) in [6.45, 7) is 8.96. The van der Waals surface area contributed by atoms with Gasteiger partial charge in [0.1, 0.15) is 16.9 Å². The lowest BCUT2D eigenvalue weighted by molar-refractivity contribution is 0.599.